The van der Waals surface area contributed by atoms with Crippen molar-refractivity contribution < 1.29 is 9.90 Å². The zero-order valence-corrected chi connectivity index (χ0v) is 14.3. The van der Waals surface area contributed by atoms with Gasteiger partial charge in [0.1, 0.15) is 0 Å². The maximum Gasteiger partial charge on any atom is 0.407 e. The Balaban J connectivity index is 1.69. The predicted molar refractivity (Wildman–Crippen MR) is 101 cm³/mol. The van der Waals surface area contributed by atoms with Crippen molar-refractivity contribution in [2.75, 3.05) is 32.7 Å². The summed E-state index contributed by atoms with van der Waals surface area (Å²) in [6, 6.07) is 21.0. The summed E-state index contributed by atoms with van der Waals surface area (Å²) in [6.45, 7) is 3.60. The molecule has 1 heterocycles. The largest absolute Gasteiger partial charge is 0.465 e. The molecular formula is C21H24N2O2. The van der Waals surface area contributed by atoms with Crippen molar-refractivity contribution in [2.24, 2.45) is 0 Å². The number of amides is 1. The number of hydrogen-bond donors (Lipinski definition) is 1. The molecule has 3 rings (SSSR count). The lowest BCUT2D eigenvalue weighted by atomic mass is 9.97. The van der Waals surface area contributed by atoms with Crippen molar-refractivity contribution >= 4 is 11.7 Å². The lowest BCUT2D eigenvalue weighted by molar-refractivity contribution is 0.110. The maximum atomic E-state index is 11.0. The van der Waals surface area contributed by atoms with Gasteiger partial charge in [-0.15, -0.1) is 0 Å². The van der Waals surface area contributed by atoms with Gasteiger partial charge in [-0.1, -0.05) is 66.7 Å². The van der Waals surface area contributed by atoms with E-state index in [1.54, 1.807) is 0 Å². The molecule has 0 saturated carbocycles. The first-order valence-electron chi connectivity index (χ1n) is 8.71. The van der Waals surface area contributed by atoms with Gasteiger partial charge in [0.15, 0.2) is 0 Å². The summed E-state index contributed by atoms with van der Waals surface area (Å²) >= 11 is 0. The average molecular weight is 336 g/mol. The smallest absolute Gasteiger partial charge is 0.407 e. The zero-order valence-electron chi connectivity index (χ0n) is 14.3. The molecule has 4 nitrogen and oxygen atoms in total. The summed E-state index contributed by atoms with van der Waals surface area (Å²) in [4.78, 5) is 14.8. The van der Waals surface area contributed by atoms with E-state index in [0.29, 0.717) is 13.1 Å². The van der Waals surface area contributed by atoms with Crippen molar-refractivity contribution in [2.45, 2.75) is 6.42 Å². The van der Waals surface area contributed by atoms with E-state index >= 15 is 0 Å². The van der Waals surface area contributed by atoms with Gasteiger partial charge in [-0.25, -0.2) is 4.79 Å². The highest BCUT2D eigenvalue weighted by atomic mass is 16.4. The minimum atomic E-state index is -0.816. The maximum absolute atomic E-state index is 11.0. The van der Waals surface area contributed by atoms with Gasteiger partial charge in [0.2, 0.25) is 0 Å². The van der Waals surface area contributed by atoms with Crippen LogP contribution < -0.4 is 0 Å². The lowest BCUT2D eigenvalue weighted by Crippen LogP contribution is -2.48. The van der Waals surface area contributed by atoms with Crippen LogP contribution in [0.15, 0.2) is 66.7 Å². The molecule has 25 heavy (non-hydrogen) atoms. The van der Waals surface area contributed by atoms with Crippen LogP contribution in [0.4, 0.5) is 4.79 Å². The van der Waals surface area contributed by atoms with E-state index in [9.17, 15) is 4.79 Å². The van der Waals surface area contributed by atoms with Crippen molar-refractivity contribution in [1.29, 1.82) is 0 Å². The van der Waals surface area contributed by atoms with Crippen LogP contribution in [0.5, 0.6) is 0 Å². The van der Waals surface area contributed by atoms with Crippen LogP contribution in [0.3, 0.4) is 0 Å². The highest BCUT2D eigenvalue weighted by Crippen LogP contribution is 2.20. The SMILES string of the molecule is O=C(O)N1CCN(C/C=C(\Cc2ccccc2)c2ccccc2)CC1. The molecule has 1 saturated heterocycles. The second-order valence-corrected chi connectivity index (χ2v) is 6.33. The van der Waals surface area contributed by atoms with E-state index in [1.165, 1.54) is 21.6 Å². The average Bonchev–Trinajstić information content (AvgIpc) is 2.67. The molecule has 1 fully saturated rings. The summed E-state index contributed by atoms with van der Waals surface area (Å²) < 4.78 is 0. The van der Waals surface area contributed by atoms with E-state index in [0.717, 1.165) is 26.1 Å². The van der Waals surface area contributed by atoms with Crippen LogP contribution >= 0.6 is 0 Å². The molecule has 1 aliphatic rings. The van der Waals surface area contributed by atoms with Crippen LogP contribution in [0.25, 0.3) is 5.57 Å². The van der Waals surface area contributed by atoms with Crippen LogP contribution in [0.2, 0.25) is 0 Å². The minimum absolute atomic E-state index is 0.586. The lowest BCUT2D eigenvalue weighted by Gasteiger charge is -2.32. The first kappa shape index (κ1) is 17.2. The summed E-state index contributed by atoms with van der Waals surface area (Å²) in [7, 11) is 0. The topological polar surface area (TPSA) is 43.8 Å². The standard InChI is InChI=1S/C21H24N2O2/c24-21(25)23-15-13-22(14-16-23)12-11-20(19-9-5-2-6-10-19)17-18-7-3-1-4-8-18/h1-11H,12-17H2,(H,24,25)/b20-11+. The van der Waals surface area contributed by atoms with E-state index in [-0.39, 0.29) is 0 Å². The molecule has 0 radical (unpaired) electrons. The Hall–Kier alpha value is -2.59. The number of carbonyl (C=O) groups is 1. The molecule has 1 aliphatic heterocycles. The van der Waals surface area contributed by atoms with Crippen molar-refractivity contribution in [3.05, 3.63) is 77.9 Å². The van der Waals surface area contributed by atoms with Gasteiger partial charge < -0.3 is 10.0 Å². The third kappa shape index (κ3) is 4.94. The van der Waals surface area contributed by atoms with Gasteiger partial charge >= 0.3 is 6.09 Å². The van der Waals surface area contributed by atoms with Gasteiger partial charge in [0, 0.05) is 32.7 Å². The molecule has 2 aromatic carbocycles. The number of piperazine rings is 1. The highest BCUT2D eigenvalue weighted by molar-refractivity contribution is 5.68. The Kier molecular flexibility index (Phi) is 5.86. The van der Waals surface area contributed by atoms with Crippen LogP contribution in [-0.2, 0) is 6.42 Å². The molecule has 130 valence electrons. The minimum Gasteiger partial charge on any atom is -0.465 e. The molecule has 0 spiro atoms. The molecular weight excluding hydrogens is 312 g/mol. The molecule has 0 bridgehead atoms. The van der Waals surface area contributed by atoms with Gasteiger partial charge in [-0.05, 0) is 23.1 Å². The number of allylic oxidation sites excluding steroid dienone is 1. The van der Waals surface area contributed by atoms with Crippen LogP contribution in [0, 0.1) is 0 Å². The van der Waals surface area contributed by atoms with Gasteiger partial charge in [0.25, 0.3) is 0 Å². The van der Waals surface area contributed by atoms with Crippen molar-refractivity contribution in [3.8, 4) is 0 Å². The molecule has 2 aromatic rings. The molecule has 4 heteroatoms. The molecule has 0 unspecified atom stereocenters. The first-order chi connectivity index (χ1) is 12.2. The Labute approximate surface area is 149 Å². The second-order valence-electron chi connectivity index (χ2n) is 6.33. The van der Waals surface area contributed by atoms with Crippen LogP contribution in [-0.4, -0.2) is 53.7 Å². The van der Waals surface area contributed by atoms with E-state index < -0.39 is 6.09 Å². The fourth-order valence-corrected chi connectivity index (χ4v) is 3.12. The molecule has 0 aliphatic carbocycles. The molecule has 1 amide bonds. The van der Waals surface area contributed by atoms with Gasteiger partial charge in [-0.2, -0.15) is 0 Å². The third-order valence-corrected chi connectivity index (χ3v) is 4.62. The summed E-state index contributed by atoms with van der Waals surface area (Å²) in [6.07, 6.45) is 2.38. The fraction of sp³-hybridized carbons (Fsp3) is 0.286. The van der Waals surface area contributed by atoms with E-state index in [1.807, 2.05) is 12.1 Å². The predicted octanol–water partition coefficient (Wildman–Crippen LogP) is 3.61. The summed E-state index contributed by atoms with van der Waals surface area (Å²) in [5.74, 6) is 0. The fourth-order valence-electron chi connectivity index (χ4n) is 3.12. The zero-order chi connectivity index (χ0) is 17.5. The normalized spacial score (nSPS) is 16.0. The van der Waals surface area contributed by atoms with Crippen molar-refractivity contribution in [3.63, 3.8) is 0 Å². The molecule has 0 aromatic heterocycles. The summed E-state index contributed by atoms with van der Waals surface area (Å²) in [5, 5.41) is 9.05. The third-order valence-electron chi connectivity index (χ3n) is 4.62. The number of hydrogen-bond acceptors (Lipinski definition) is 2. The molecule has 1 N–H and O–H groups in total. The van der Waals surface area contributed by atoms with Gasteiger partial charge in [0.05, 0.1) is 0 Å². The number of benzene rings is 2. The molecule has 0 atom stereocenters. The number of rotatable bonds is 5. The van der Waals surface area contributed by atoms with E-state index in [4.69, 9.17) is 5.11 Å². The number of carboxylic acid groups (broad SMARTS) is 1. The highest BCUT2D eigenvalue weighted by Gasteiger charge is 2.19. The summed E-state index contributed by atoms with van der Waals surface area (Å²) in [5.41, 5.74) is 3.86. The second kappa shape index (κ2) is 8.49. The quantitative estimate of drug-likeness (QED) is 0.907. The first-order valence-corrected chi connectivity index (χ1v) is 8.71. The van der Waals surface area contributed by atoms with Gasteiger partial charge in [-0.3, -0.25) is 4.90 Å². The monoisotopic (exact) mass is 336 g/mol. The Morgan fingerprint density at radius 3 is 2.12 bits per heavy atom. The number of nitrogens with zero attached hydrogens (tertiary/aromatic N) is 2. The Morgan fingerprint density at radius 1 is 0.920 bits per heavy atom. The Bertz CT molecular complexity index is 705. The van der Waals surface area contributed by atoms with Crippen molar-refractivity contribution in [1.82, 2.24) is 9.80 Å². The van der Waals surface area contributed by atoms with Crippen LogP contribution in [0.1, 0.15) is 11.1 Å². The Morgan fingerprint density at radius 2 is 1.52 bits per heavy atom. The van der Waals surface area contributed by atoms with E-state index in [2.05, 4.69) is 59.5 Å².